The second-order valence-corrected chi connectivity index (χ2v) is 10.9. The van der Waals surface area contributed by atoms with Gasteiger partial charge in [0.2, 0.25) is 5.91 Å². The Hall–Kier alpha value is -2.07. The fourth-order valence-electron chi connectivity index (χ4n) is 2.94. The number of halogens is 2. The van der Waals surface area contributed by atoms with Crippen LogP contribution in [0.3, 0.4) is 0 Å². The van der Waals surface area contributed by atoms with Gasteiger partial charge in [-0.1, -0.05) is 41.4 Å². The molecule has 182 valence electrons. The van der Waals surface area contributed by atoms with Gasteiger partial charge in [-0.15, -0.1) is 23.5 Å². The molecule has 2 aromatic rings. The van der Waals surface area contributed by atoms with Crippen LogP contribution in [0.15, 0.2) is 42.5 Å². The molecule has 3 rings (SSSR count). The Morgan fingerprint density at radius 2 is 1.68 bits per heavy atom. The molecular formula is C23H24Cl2N2O5S2. The van der Waals surface area contributed by atoms with Crippen molar-refractivity contribution in [1.82, 2.24) is 4.90 Å². The minimum Gasteiger partial charge on any atom is -0.482 e. The number of rotatable bonds is 9. The summed E-state index contributed by atoms with van der Waals surface area (Å²) in [5, 5.41) is 3.13. The van der Waals surface area contributed by atoms with Gasteiger partial charge in [-0.05, 0) is 47.8 Å². The number of thioether (sulfide) groups is 2. The van der Waals surface area contributed by atoms with Crippen molar-refractivity contribution < 1.29 is 23.9 Å². The molecule has 1 aliphatic heterocycles. The highest BCUT2D eigenvalue weighted by Gasteiger charge is 2.18. The number of anilines is 1. The van der Waals surface area contributed by atoms with E-state index in [1.165, 1.54) is 19.0 Å². The van der Waals surface area contributed by atoms with Gasteiger partial charge in [-0.3, -0.25) is 9.59 Å². The third-order valence-electron chi connectivity index (χ3n) is 4.73. The number of nitrogens with zero attached hydrogens (tertiary/aromatic N) is 1. The summed E-state index contributed by atoms with van der Waals surface area (Å²) in [6.07, 6.45) is 1.23. The molecule has 0 aliphatic carbocycles. The van der Waals surface area contributed by atoms with E-state index < -0.39 is 24.4 Å². The lowest BCUT2D eigenvalue weighted by Crippen LogP contribution is -2.37. The first-order valence-corrected chi connectivity index (χ1v) is 13.3. The number of para-hydroxylation sites is 1. The molecule has 7 nitrogen and oxygen atoms in total. The van der Waals surface area contributed by atoms with Crippen LogP contribution in [0.5, 0.6) is 5.75 Å². The highest BCUT2D eigenvalue weighted by molar-refractivity contribution is 8.16. The van der Waals surface area contributed by atoms with Crippen LogP contribution in [0.4, 0.5) is 5.69 Å². The lowest BCUT2D eigenvalue weighted by molar-refractivity contribution is -0.153. The van der Waals surface area contributed by atoms with Gasteiger partial charge in [-0.25, -0.2) is 4.79 Å². The van der Waals surface area contributed by atoms with Gasteiger partial charge in [0.1, 0.15) is 5.75 Å². The Bertz CT molecular complexity index is 997. The smallest absolute Gasteiger partial charge is 0.344 e. The Morgan fingerprint density at radius 1 is 1.03 bits per heavy atom. The van der Waals surface area contributed by atoms with Gasteiger partial charge in [0.25, 0.3) is 5.91 Å². The minimum atomic E-state index is -0.684. The number of nitrogens with one attached hydrogen (secondary N) is 1. The standard InChI is InChI=1S/C23H24Cl2N2O5S2/c1-27(12-19(28)26-22-17(24)4-2-5-18(22)25)20(29)13-32-21(30)14-31-16-8-6-15(7-9-16)23-33-10-3-11-34-23/h2,4-9,23H,3,10-14H2,1H3,(H,26,28). The average molecular weight is 543 g/mol. The molecule has 0 unspecified atom stereocenters. The summed E-state index contributed by atoms with van der Waals surface area (Å²) in [5.74, 6) is 1.16. The van der Waals surface area contributed by atoms with E-state index in [0.29, 0.717) is 10.3 Å². The normalized spacial score (nSPS) is 13.7. The number of hydrogen-bond donors (Lipinski definition) is 1. The summed E-state index contributed by atoms with van der Waals surface area (Å²) >= 11 is 15.9. The molecule has 34 heavy (non-hydrogen) atoms. The summed E-state index contributed by atoms with van der Waals surface area (Å²) in [7, 11) is 1.42. The molecule has 0 saturated carbocycles. The quantitative estimate of drug-likeness (QED) is 0.452. The average Bonchev–Trinajstić information content (AvgIpc) is 2.84. The van der Waals surface area contributed by atoms with Crippen LogP contribution in [0, 0.1) is 0 Å². The zero-order chi connectivity index (χ0) is 24.5. The van der Waals surface area contributed by atoms with E-state index in [4.69, 9.17) is 32.7 Å². The third-order valence-corrected chi connectivity index (χ3v) is 8.37. The van der Waals surface area contributed by atoms with Crippen LogP contribution < -0.4 is 10.1 Å². The van der Waals surface area contributed by atoms with Gasteiger partial charge in [0.05, 0.1) is 26.9 Å². The van der Waals surface area contributed by atoms with Crippen molar-refractivity contribution in [3.05, 3.63) is 58.1 Å². The lowest BCUT2D eigenvalue weighted by atomic mass is 10.2. The summed E-state index contributed by atoms with van der Waals surface area (Å²) in [4.78, 5) is 37.5. The van der Waals surface area contributed by atoms with Crippen molar-refractivity contribution in [3.8, 4) is 5.75 Å². The molecule has 0 atom stereocenters. The fraction of sp³-hybridized carbons (Fsp3) is 0.348. The van der Waals surface area contributed by atoms with Crippen molar-refractivity contribution in [2.45, 2.75) is 11.0 Å². The summed E-state index contributed by atoms with van der Waals surface area (Å²) in [5.41, 5.74) is 1.49. The molecule has 0 aromatic heterocycles. The summed E-state index contributed by atoms with van der Waals surface area (Å²) in [6, 6.07) is 12.5. The predicted octanol–water partition coefficient (Wildman–Crippen LogP) is 4.88. The highest BCUT2D eigenvalue weighted by atomic mass is 35.5. The van der Waals surface area contributed by atoms with Gasteiger partial charge in [-0.2, -0.15) is 0 Å². The van der Waals surface area contributed by atoms with Crippen LogP contribution >= 0.6 is 46.7 Å². The monoisotopic (exact) mass is 542 g/mol. The minimum absolute atomic E-state index is 0.266. The van der Waals surface area contributed by atoms with E-state index in [2.05, 4.69) is 5.32 Å². The number of likely N-dealkylation sites (N-methyl/N-ethyl adjacent to an activating group) is 1. The van der Waals surface area contributed by atoms with Crippen LogP contribution in [-0.2, 0) is 19.1 Å². The second-order valence-electron chi connectivity index (χ2n) is 7.34. The largest absolute Gasteiger partial charge is 0.482 e. The molecule has 11 heteroatoms. The number of amides is 2. The van der Waals surface area contributed by atoms with E-state index >= 15 is 0 Å². The van der Waals surface area contributed by atoms with Crippen LogP contribution in [0.25, 0.3) is 0 Å². The Kier molecular flexibility index (Phi) is 10.2. The van der Waals surface area contributed by atoms with Gasteiger partial charge in [0, 0.05) is 7.05 Å². The first-order chi connectivity index (χ1) is 16.3. The number of carbonyl (C=O) groups excluding carboxylic acids is 3. The molecule has 2 aromatic carbocycles. The van der Waals surface area contributed by atoms with Crippen molar-refractivity contribution in [1.29, 1.82) is 0 Å². The molecule has 1 aliphatic rings. The molecule has 1 saturated heterocycles. The molecule has 0 bridgehead atoms. The number of carbonyl (C=O) groups is 3. The van der Waals surface area contributed by atoms with E-state index in [0.717, 1.165) is 16.4 Å². The molecule has 1 N–H and O–H groups in total. The molecule has 0 radical (unpaired) electrons. The lowest BCUT2D eigenvalue weighted by Gasteiger charge is -2.21. The maximum Gasteiger partial charge on any atom is 0.344 e. The van der Waals surface area contributed by atoms with E-state index in [1.54, 1.807) is 18.2 Å². The Labute approximate surface area is 216 Å². The molecule has 1 heterocycles. The van der Waals surface area contributed by atoms with Crippen LogP contribution in [-0.4, -0.2) is 61.0 Å². The SMILES string of the molecule is CN(CC(=O)Nc1c(Cl)cccc1Cl)C(=O)COC(=O)COc1ccc(C2SCCCS2)cc1. The predicted molar refractivity (Wildman–Crippen MR) is 138 cm³/mol. The van der Waals surface area contributed by atoms with Gasteiger partial charge < -0.3 is 19.7 Å². The topological polar surface area (TPSA) is 84.9 Å². The summed E-state index contributed by atoms with van der Waals surface area (Å²) in [6.45, 7) is -1.10. The van der Waals surface area contributed by atoms with Crippen molar-refractivity contribution in [2.24, 2.45) is 0 Å². The van der Waals surface area contributed by atoms with Crippen molar-refractivity contribution in [2.75, 3.05) is 43.6 Å². The third kappa shape index (κ3) is 8.01. The number of benzene rings is 2. The molecule has 2 amide bonds. The Balaban J connectivity index is 1.37. The number of ether oxygens (including phenoxy) is 2. The van der Waals surface area contributed by atoms with E-state index in [-0.39, 0.29) is 28.9 Å². The second kappa shape index (κ2) is 13.1. The first kappa shape index (κ1) is 26.5. The maximum atomic E-state index is 12.2. The number of hydrogen-bond acceptors (Lipinski definition) is 7. The molecule has 0 spiro atoms. The van der Waals surface area contributed by atoms with Gasteiger partial charge >= 0.3 is 5.97 Å². The van der Waals surface area contributed by atoms with Crippen LogP contribution in [0.2, 0.25) is 10.0 Å². The molecular weight excluding hydrogens is 519 g/mol. The fourth-order valence-corrected chi connectivity index (χ4v) is 6.32. The zero-order valence-electron chi connectivity index (χ0n) is 18.4. The van der Waals surface area contributed by atoms with Gasteiger partial charge in [0.15, 0.2) is 13.2 Å². The zero-order valence-corrected chi connectivity index (χ0v) is 21.6. The van der Waals surface area contributed by atoms with E-state index in [9.17, 15) is 14.4 Å². The van der Waals surface area contributed by atoms with Crippen molar-refractivity contribution in [3.63, 3.8) is 0 Å². The first-order valence-electron chi connectivity index (χ1n) is 10.4. The molecule has 1 fully saturated rings. The maximum absolute atomic E-state index is 12.2. The Morgan fingerprint density at radius 3 is 2.32 bits per heavy atom. The highest BCUT2D eigenvalue weighted by Crippen LogP contribution is 2.43. The van der Waals surface area contributed by atoms with Crippen molar-refractivity contribution >= 4 is 70.2 Å². The van der Waals surface area contributed by atoms with E-state index in [1.807, 2.05) is 47.8 Å². The number of esters is 1. The summed E-state index contributed by atoms with van der Waals surface area (Å²) < 4.78 is 10.9. The van der Waals surface area contributed by atoms with Crippen LogP contribution in [0.1, 0.15) is 16.6 Å².